The number of nitrogens with one attached hydrogen (secondary N) is 1. The van der Waals surface area contributed by atoms with Crippen LogP contribution in [0.15, 0.2) is 76.8 Å². The van der Waals surface area contributed by atoms with Gasteiger partial charge in [-0.05, 0) is 59.2 Å². The summed E-state index contributed by atoms with van der Waals surface area (Å²) >= 11 is 3.41. The summed E-state index contributed by atoms with van der Waals surface area (Å²) in [6.07, 6.45) is 1.52. The maximum atomic E-state index is 12.5. The second-order valence-electron chi connectivity index (χ2n) is 7.03. The highest BCUT2D eigenvalue weighted by Crippen LogP contribution is 2.30. The van der Waals surface area contributed by atoms with E-state index in [0.29, 0.717) is 30.2 Å². The van der Waals surface area contributed by atoms with Crippen LogP contribution in [-0.4, -0.2) is 20.1 Å². The molecule has 0 aliphatic heterocycles. The van der Waals surface area contributed by atoms with Gasteiger partial charge in [0.2, 0.25) is 0 Å². The first-order chi connectivity index (χ1) is 16.0. The van der Waals surface area contributed by atoms with E-state index >= 15 is 0 Å². The van der Waals surface area contributed by atoms with Crippen LogP contribution in [0.25, 0.3) is 6.08 Å². The first-order valence-electron chi connectivity index (χ1n) is 10.1. The van der Waals surface area contributed by atoms with E-state index < -0.39 is 5.91 Å². The average Bonchev–Trinajstić information content (AvgIpc) is 2.86. The number of carbonyl (C=O) groups excluding carboxylic acids is 1. The minimum atomic E-state index is -0.456. The zero-order chi connectivity index (χ0) is 23.6. The van der Waals surface area contributed by atoms with Crippen LogP contribution in [0.4, 0.5) is 0 Å². The van der Waals surface area contributed by atoms with Crippen LogP contribution < -0.4 is 19.5 Å². The lowest BCUT2D eigenvalue weighted by Crippen LogP contribution is -2.23. The van der Waals surface area contributed by atoms with Gasteiger partial charge in [-0.1, -0.05) is 46.3 Å². The number of hydrogen-bond acceptors (Lipinski definition) is 5. The summed E-state index contributed by atoms with van der Waals surface area (Å²) in [5, 5.41) is 12.2. The van der Waals surface area contributed by atoms with Crippen molar-refractivity contribution in [2.24, 2.45) is 0 Å². The van der Waals surface area contributed by atoms with Crippen molar-refractivity contribution < 1.29 is 19.0 Å². The summed E-state index contributed by atoms with van der Waals surface area (Å²) in [5.41, 5.74) is 2.56. The van der Waals surface area contributed by atoms with Crippen molar-refractivity contribution in [2.75, 3.05) is 14.2 Å². The molecular formula is C26H23BrN2O4. The molecule has 3 aromatic carbocycles. The molecule has 0 saturated carbocycles. The Bertz CT molecular complexity index is 1170. The third-order valence-electron chi connectivity index (χ3n) is 4.78. The molecule has 0 bridgehead atoms. The van der Waals surface area contributed by atoms with Gasteiger partial charge in [-0.2, -0.15) is 5.26 Å². The number of rotatable bonds is 9. The highest BCUT2D eigenvalue weighted by atomic mass is 79.9. The Kier molecular flexibility index (Phi) is 8.50. The van der Waals surface area contributed by atoms with Gasteiger partial charge in [0, 0.05) is 11.0 Å². The zero-order valence-corrected chi connectivity index (χ0v) is 19.9. The van der Waals surface area contributed by atoms with Crippen molar-refractivity contribution in [3.05, 3.63) is 93.5 Å². The molecule has 0 aromatic heterocycles. The highest BCUT2D eigenvalue weighted by molar-refractivity contribution is 9.10. The summed E-state index contributed by atoms with van der Waals surface area (Å²) < 4.78 is 17.4. The highest BCUT2D eigenvalue weighted by Gasteiger charge is 2.11. The lowest BCUT2D eigenvalue weighted by molar-refractivity contribution is -0.117. The number of amides is 1. The molecule has 0 aliphatic carbocycles. The summed E-state index contributed by atoms with van der Waals surface area (Å²) in [4.78, 5) is 12.5. The number of nitriles is 1. The van der Waals surface area contributed by atoms with Gasteiger partial charge < -0.3 is 19.5 Å². The minimum absolute atomic E-state index is 0.00547. The molecule has 0 heterocycles. The SMILES string of the molecule is COc1ccc(CNC(=O)/C(C#N)=C\c2ccc(OCc3ccc(Br)cc3)c(OC)c2)cc1. The standard InChI is InChI=1S/C26H23BrN2O4/c1-31-23-10-5-18(6-11-23)16-29-26(30)21(15-28)13-20-7-12-24(25(14-20)32-2)33-17-19-3-8-22(27)9-4-19/h3-14H,16-17H2,1-2H3,(H,29,30)/b21-13-. The fraction of sp³-hybridized carbons (Fsp3) is 0.154. The number of nitrogens with zero attached hydrogens (tertiary/aromatic N) is 1. The Morgan fingerprint density at radius 1 is 0.970 bits per heavy atom. The Balaban J connectivity index is 1.66. The summed E-state index contributed by atoms with van der Waals surface area (Å²) in [7, 11) is 3.14. The molecule has 0 aliphatic rings. The van der Waals surface area contributed by atoms with Crippen molar-refractivity contribution in [1.82, 2.24) is 5.32 Å². The van der Waals surface area contributed by atoms with E-state index in [0.717, 1.165) is 21.3 Å². The molecule has 0 saturated heterocycles. The molecule has 0 fully saturated rings. The molecular weight excluding hydrogens is 484 g/mol. The predicted octanol–water partition coefficient (Wildman–Crippen LogP) is 5.27. The van der Waals surface area contributed by atoms with Crippen molar-refractivity contribution in [1.29, 1.82) is 5.26 Å². The summed E-state index contributed by atoms with van der Waals surface area (Å²) in [5.74, 6) is 1.36. The third kappa shape index (κ3) is 6.86. The average molecular weight is 507 g/mol. The van der Waals surface area contributed by atoms with Crippen molar-refractivity contribution >= 4 is 27.9 Å². The van der Waals surface area contributed by atoms with Gasteiger partial charge >= 0.3 is 0 Å². The lowest BCUT2D eigenvalue weighted by atomic mass is 10.1. The van der Waals surface area contributed by atoms with E-state index in [-0.39, 0.29) is 5.57 Å². The van der Waals surface area contributed by atoms with Gasteiger partial charge in [0.1, 0.15) is 24.0 Å². The molecule has 0 radical (unpaired) electrons. The van der Waals surface area contributed by atoms with Gasteiger partial charge in [-0.15, -0.1) is 0 Å². The third-order valence-corrected chi connectivity index (χ3v) is 5.31. The fourth-order valence-corrected chi connectivity index (χ4v) is 3.24. The summed E-state index contributed by atoms with van der Waals surface area (Å²) in [6, 6.07) is 22.4. The Labute approximate surface area is 201 Å². The summed E-state index contributed by atoms with van der Waals surface area (Å²) in [6.45, 7) is 0.685. The Hall–Kier alpha value is -3.76. The number of carbonyl (C=O) groups is 1. The van der Waals surface area contributed by atoms with Crippen LogP contribution in [0.3, 0.4) is 0 Å². The van der Waals surface area contributed by atoms with Crippen LogP contribution in [0.5, 0.6) is 17.2 Å². The molecule has 1 N–H and O–H groups in total. The fourth-order valence-electron chi connectivity index (χ4n) is 2.97. The number of hydrogen-bond donors (Lipinski definition) is 1. The van der Waals surface area contributed by atoms with Gasteiger partial charge in [-0.25, -0.2) is 0 Å². The lowest BCUT2D eigenvalue weighted by Gasteiger charge is -2.12. The minimum Gasteiger partial charge on any atom is -0.497 e. The normalized spacial score (nSPS) is 10.8. The van der Waals surface area contributed by atoms with E-state index in [9.17, 15) is 10.1 Å². The molecule has 3 rings (SSSR count). The van der Waals surface area contributed by atoms with E-state index in [1.54, 1.807) is 32.4 Å². The van der Waals surface area contributed by atoms with E-state index in [1.165, 1.54) is 6.08 Å². The molecule has 0 spiro atoms. The van der Waals surface area contributed by atoms with E-state index in [1.807, 2.05) is 54.6 Å². The van der Waals surface area contributed by atoms with E-state index in [2.05, 4.69) is 21.2 Å². The second kappa shape index (κ2) is 11.7. The molecule has 33 heavy (non-hydrogen) atoms. The first kappa shape index (κ1) is 23.9. The maximum Gasteiger partial charge on any atom is 0.262 e. The van der Waals surface area contributed by atoms with Gasteiger partial charge in [0.25, 0.3) is 5.91 Å². The second-order valence-corrected chi connectivity index (χ2v) is 7.94. The molecule has 0 atom stereocenters. The molecule has 7 heteroatoms. The smallest absolute Gasteiger partial charge is 0.262 e. The van der Waals surface area contributed by atoms with Crippen LogP contribution in [0, 0.1) is 11.3 Å². The van der Waals surface area contributed by atoms with Gasteiger partial charge in [-0.3, -0.25) is 4.79 Å². The van der Waals surface area contributed by atoms with Gasteiger partial charge in [0.15, 0.2) is 11.5 Å². The van der Waals surface area contributed by atoms with Crippen molar-refractivity contribution in [3.63, 3.8) is 0 Å². The molecule has 3 aromatic rings. The molecule has 1 amide bonds. The Morgan fingerprint density at radius 2 is 1.67 bits per heavy atom. The van der Waals surface area contributed by atoms with E-state index in [4.69, 9.17) is 14.2 Å². The maximum absolute atomic E-state index is 12.5. The van der Waals surface area contributed by atoms with Crippen LogP contribution in [0.2, 0.25) is 0 Å². The zero-order valence-electron chi connectivity index (χ0n) is 18.3. The molecule has 0 unspecified atom stereocenters. The number of halogens is 1. The van der Waals surface area contributed by atoms with Crippen LogP contribution in [-0.2, 0) is 17.9 Å². The monoisotopic (exact) mass is 506 g/mol. The molecule has 6 nitrogen and oxygen atoms in total. The Morgan fingerprint density at radius 3 is 2.30 bits per heavy atom. The number of methoxy groups -OCH3 is 2. The molecule has 168 valence electrons. The van der Waals surface area contributed by atoms with Gasteiger partial charge in [0.05, 0.1) is 14.2 Å². The quantitative estimate of drug-likeness (QED) is 0.315. The first-order valence-corrected chi connectivity index (χ1v) is 10.9. The predicted molar refractivity (Wildman–Crippen MR) is 130 cm³/mol. The number of ether oxygens (including phenoxy) is 3. The van der Waals surface area contributed by atoms with Crippen LogP contribution >= 0.6 is 15.9 Å². The van der Waals surface area contributed by atoms with Crippen molar-refractivity contribution in [3.8, 4) is 23.3 Å². The van der Waals surface area contributed by atoms with Crippen molar-refractivity contribution in [2.45, 2.75) is 13.2 Å². The number of benzene rings is 3. The van der Waals surface area contributed by atoms with Crippen LogP contribution in [0.1, 0.15) is 16.7 Å². The largest absolute Gasteiger partial charge is 0.497 e. The topological polar surface area (TPSA) is 80.6 Å².